The maximum atomic E-state index is 12.7. The van der Waals surface area contributed by atoms with Gasteiger partial charge in [-0.15, -0.1) is 0 Å². The highest BCUT2D eigenvalue weighted by Crippen LogP contribution is 2.39. The molecule has 2 aromatic carbocycles. The third-order valence-corrected chi connectivity index (χ3v) is 9.05. The largest absolute Gasteiger partial charge is 0.393 e. The topological polar surface area (TPSA) is 83.9 Å². The van der Waals surface area contributed by atoms with Crippen molar-refractivity contribution in [3.63, 3.8) is 0 Å². The van der Waals surface area contributed by atoms with Crippen molar-refractivity contribution < 1.29 is 23.1 Å². The van der Waals surface area contributed by atoms with E-state index in [1.807, 2.05) is 35.2 Å². The highest BCUT2D eigenvalue weighted by molar-refractivity contribution is 7.91. The van der Waals surface area contributed by atoms with Crippen molar-refractivity contribution in [3.8, 4) is 0 Å². The number of amides is 1. The van der Waals surface area contributed by atoms with E-state index in [2.05, 4.69) is 0 Å². The van der Waals surface area contributed by atoms with Crippen LogP contribution in [0, 0.1) is 5.92 Å². The van der Waals surface area contributed by atoms with Gasteiger partial charge in [0.05, 0.1) is 23.4 Å². The summed E-state index contributed by atoms with van der Waals surface area (Å²) < 4.78 is 31.2. The summed E-state index contributed by atoms with van der Waals surface area (Å²) in [5, 5.41) is 11.0. The lowest BCUT2D eigenvalue weighted by Crippen LogP contribution is -2.53. The first-order valence-electron chi connectivity index (χ1n) is 12.3. The van der Waals surface area contributed by atoms with Gasteiger partial charge in [0.1, 0.15) is 0 Å². The Labute approximate surface area is 202 Å². The van der Waals surface area contributed by atoms with E-state index >= 15 is 0 Å². The first kappa shape index (κ1) is 24.9. The van der Waals surface area contributed by atoms with Gasteiger partial charge in [-0.1, -0.05) is 48.5 Å². The summed E-state index contributed by atoms with van der Waals surface area (Å²) in [7, 11) is -3.36. The smallest absolute Gasteiger partial charge is 0.223 e. The van der Waals surface area contributed by atoms with Gasteiger partial charge in [0.25, 0.3) is 0 Å². The lowest BCUT2D eigenvalue weighted by molar-refractivity contribution is -0.136. The van der Waals surface area contributed by atoms with Crippen LogP contribution in [-0.2, 0) is 26.0 Å². The highest BCUT2D eigenvalue weighted by Gasteiger charge is 2.45. The Morgan fingerprint density at radius 3 is 2.44 bits per heavy atom. The molecular formula is C27H35NO5S. The molecule has 2 aliphatic rings. The van der Waals surface area contributed by atoms with Crippen LogP contribution in [-0.4, -0.2) is 54.9 Å². The van der Waals surface area contributed by atoms with Crippen molar-refractivity contribution in [2.45, 2.75) is 74.6 Å². The van der Waals surface area contributed by atoms with E-state index in [9.17, 15) is 18.3 Å². The van der Waals surface area contributed by atoms with E-state index in [1.165, 1.54) is 0 Å². The standard InChI is InChI=1S/C27H35NO5S/c29-26(17-18-33-20-21-8-3-1-4-9-21)24-15-13-22-14-16-27(30)28(22)25(24)12-7-19-34(31,32)23-10-5-2-6-11-23/h1-6,8-11,22,24-26,29H,7,12-20H2/t22-,24+,25+,26+/m0/s1. The molecule has 1 amide bonds. The van der Waals surface area contributed by atoms with Crippen molar-refractivity contribution in [1.29, 1.82) is 0 Å². The van der Waals surface area contributed by atoms with E-state index in [1.54, 1.807) is 30.3 Å². The molecule has 2 saturated heterocycles. The van der Waals surface area contributed by atoms with Gasteiger partial charge >= 0.3 is 0 Å². The molecule has 6 nitrogen and oxygen atoms in total. The Morgan fingerprint density at radius 1 is 1.00 bits per heavy atom. The number of aliphatic hydroxyl groups is 1. The Balaban J connectivity index is 1.35. The van der Waals surface area contributed by atoms with Gasteiger partial charge in [0.15, 0.2) is 9.84 Å². The van der Waals surface area contributed by atoms with Crippen LogP contribution in [0.4, 0.5) is 0 Å². The maximum Gasteiger partial charge on any atom is 0.223 e. The molecule has 0 aromatic heterocycles. The summed E-state index contributed by atoms with van der Waals surface area (Å²) in [6, 6.07) is 18.5. The number of sulfone groups is 1. The van der Waals surface area contributed by atoms with Gasteiger partial charge in [0, 0.05) is 31.0 Å². The molecule has 0 aliphatic carbocycles. The zero-order valence-electron chi connectivity index (χ0n) is 19.6. The molecule has 0 bridgehead atoms. The van der Waals surface area contributed by atoms with E-state index in [0.717, 1.165) is 24.8 Å². The number of fused-ring (bicyclic) bond motifs is 1. The lowest BCUT2D eigenvalue weighted by Gasteiger charge is -2.45. The first-order valence-corrected chi connectivity index (χ1v) is 14.0. The second-order valence-electron chi connectivity index (χ2n) is 9.47. The van der Waals surface area contributed by atoms with Gasteiger partial charge in [-0.3, -0.25) is 4.79 Å². The quantitative estimate of drug-likeness (QED) is 0.487. The van der Waals surface area contributed by atoms with Crippen LogP contribution in [0.5, 0.6) is 0 Å². The van der Waals surface area contributed by atoms with Crippen molar-refractivity contribution in [3.05, 3.63) is 66.2 Å². The summed E-state index contributed by atoms with van der Waals surface area (Å²) in [5.74, 6) is 0.125. The molecule has 2 fully saturated rings. The second kappa shape index (κ2) is 11.5. The number of ether oxygens (including phenoxy) is 1. The van der Waals surface area contributed by atoms with Gasteiger partial charge in [-0.05, 0) is 56.2 Å². The van der Waals surface area contributed by atoms with Crippen LogP contribution < -0.4 is 0 Å². The molecule has 2 aliphatic heterocycles. The minimum atomic E-state index is -3.36. The van der Waals surface area contributed by atoms with Crippen molar-refractivity contribution in [2.24, 2.45) is 5.92 Å². The number of carbonyl (C=O) groups is 1. The summed E-state index contributed by atoms with van der Waals surface area (Å²) >= 11 is 0. The van der Waals surface area contributed by atoms with E-state index in [-0.39, 0.29) is 29.7 Å². The van der Waals surface area contributed by atoms with Gasteiger partial charge in [-0.25, -0.2) is 8.42 Å². The third kappa shape index (κ3) is 6.06. The summed E-state index contributed by atoms with van der Waals surface area (Å²) in [5.41, 5.74) is 1.10. The number of hydrogen-bond donors (Lipinski definition) is 1. The van der Waals surface area contributed by atoms with E-state index in [0.29, 0.717) is 43.8 Å². The number of nitrogens with zero attached hydrogens (tertiary/aromatic N) is 1. The van der Waals surface area contributed by atoms with E-state index < -0.39 is 15.9 Å². The third-order valence-electron chi connectivity index (χ3n) is 7.24. The predicted molar refractivity (Wildman–Crippen MR) is 131 cm³/mol. The molecule has 0 unspecified atom stereocenters. The van der Waals surface area contributed by atoms with Crippen molar-refractivity contribution >= 4 is 15.7 Å². The fraction of sp³-hybridized carbons (Fsp3) is 0.519. The number of rotatable bonds is 11. The predicted octanol–water partition coefficient (Wildman–Crippen LogP) is 3.98. The lowest BCUT2D eigenvalue weighted by atomic mass is 9.79. The van der Waals surface area contributed by atoms with Crippen LogP contribution in [0.3, 0.4) is 0 Å². The number of hydrogen-bond acceptors (Lipinski definition) is 5. The Kier molecular flexibility index (Phi) is 8.40. The molecule has 4 rings (SSSR count). The molecule has 34 heavy (non-hydrogen) atoms. The zero-order valence-corrected chi connectivity index (χ0v) is 20.4. The van der Waals surface area contributed by atoms with Crippen molar-refractivity contribution in [2.75, 3.05) is 12.4 Å². The molecule has 2 aromatic rings. The molecule has 7 heteroatoms. The zero-order chi connectivity index (χ0) is 24.0. The normalized spacial score (nSPS) is 23.6. The Bertz CT molecular complexity index is 1030. The molecule has 4 atom stereocenters. The highest BCUT2D eigenvalue weighted by atomic mass is 32.2. The second-order valence-corrected chi connectivity index (χ2v) is 11.6. The SMILES string of the molecule is O=C1CC[C@@H]2CC[C@@H]([C@H](O)CCOCc3ccccc3)[C@@H](CCCS(=O)(=O)c3ccccc3)N12. The molecule has 184 valence electrons. The minimum Gasteiger partial charge on any atom is -0.393 e. The van der Waals surface area contributed by atoms with Crippen LogP contribution in [0.1, 0.15) is 50.5 Å². The summed E-state index contributed by atoms with van der Waals surface area (Å²) in [6.07, 6.45) is 4.13. The molecule has 1 N–H and O–H groups in total. The van der Waals surface area contributed by atoms with Gasteiger partial charge < -0.3 is 14.7 Å². The fourth-order valence-electron chi connectivity index (χ4n) is 5.50. The van der Waals surface area contributed by atoms with Crippen LogP contribution in [0.2, 0.25) is 0 Å². The Hall–Kier alpha value is -2.22. The molecule has 0 saturated carbocycles. The van der Waals surface area contributed by atoms with Crippen LogP contribution in [0.15, 0.2) is 65.6 Å². The van der Waals surface area contributed by atoms with Gasteiger partial charge in [0.2, 0.25) is 5.91 Å². The number of piperidine rings is 1. The monoisotopic (exact) mass is 485 g/mol. The van der Waals surface area contributed by atoms with Crippen LogP contribution >= 0.6 is 0 Å². The van der Waals surface area contributed by atoms with E-state index in [4.69, 9.17) is 4.74 Å². The Morgan fingerprint density at radius 2 is 1.71 bits per heavy atom. The molecule has 0 radical (unpaired) electrons. The number of aliphatic hydroxyl groups excluding tert-OH is 1. The maximum absolute atomic E-state index is 12.7. The first-order chi connectivity index (χ1) is 16.5. The number of benzene rings is 2. The average Bonchev–Trinajstić information content (AvgIpc) is 3.24. The summed E-state index contributed by atoms with van der Waals surface area (Å²) in [6.45, 7) is 0.949. The van der Waals surface area contributed by atoms with Crippen molar-refractivity contribution in [1.82, 2.24) is 4.90 Å². The summed E-state index contributed by atoms with van der Waals surface area (Å²) in [4.78, 5) is 15.0. The minimum absolute atomic E-state index is 0.0449. The fourth-order valence-corrected chi connectivity index (χ4v) is 6.85. The van der Waals surface area contributed by atoms with Crippen LogP contribution in [0.25, 0.3) is 0 Å². The molecular weight excluding hydrogens is 450 g/mol. The number of carbonyl (C=O) groups excluding carboxylic acids is 1. The molecule has 2 heterocycles. The van der Waals surface area contributed by atoms with Gasteiger partial charge in [-0.2, -0.15) is 0 Å². The average molecular weight is 486 g/mol. The molecule has 0 spiro atoms.